The Morgan fingerprint density at radius 3 is 1.79 bits per heavy atom. The van der Waals surface area contributed by atoms with Crippen LogP contribution in [0.1, 0.15) is 49.4 Å². The van der Waals surface area contributed by atoms with Gasteiger partial charge in [0.2, 0.25) is 0 Å². The molecule has 4 N–H and O–H groups in total. The standard InChI is InChI=1S/C27H27N7/c1-3-22(28-11-1)26-31-20-9-5-16(13-24(20)33-26)18-7-8-19(30-15-18)17-6-10-21-25(14-17)34-27(32-21)23-4-2-12-29-23/h5-10,13-15,22-23,28-29H,1-4,11-12H2,(H,31,33)(H,32,34)/t22-,23-/m0/s1. The third-order valence-corrected chi connectivity index (χ3v) is 7.17. The summed E-state index contributed by atoms with van der Waals surface area (Å²) in [5.74, 6) is 2.08. The fourth-order valence-electron chi connectivity index (χ4n) is 5.30. The number of aromatic nitrogens is 5. The molecule has 0 saturated carbocycles. The van der Waals surface area contributed by atoms with Gasteiger partial charge in [-0.2, -0.15) is 0 Å². The molecule has 2 fully saturated rings. The van der Waals surface area contributed by atoms with Gasteiger partial charge in [-0.3, -0.25) is 4.98 Å². The summed E-state index contributed by atoms with van der Waals surface area (Å²) in [6.07, 6.45) is 6.64. The van der Waals surface area contributed by atoms with E-state index in [4.69, 9.17) is 15.0 Å². The number of hydrogen-bond acceptors (Lipinski definition) is 5. The van der Waals surface area contributed by atoms with Crippen molar-refractivity contribution < 1.29 is 0 Å². The first kappa shape index (κ1) is 19.9. The summed E-state index contributed by atoms with van der Waals surface area (Å²) in [7, 11) is 0. The van der Waals surface area contributed by atoms with Gasteiger partial charge in [0.15, 0.2) is 0 Å². The number of aromatic amines is 2. The molecule has 7 rings (SSSR count). The van der Waals surface area contributed by atoms with Gasteiger partial charge in [-0.05, 0) is 74.7 Å². The maximum atomic E-state index is 4.79. The molecule has 2 atom stereocenters. The minimum absolute atomic E-state index is 0.339. The summed E-state index contributed by atoms with van der Waals surface area (Å²) in [5.41, 5.74) is 8.43. The smallest absolute Gasteiger partial charge is 0.124 e. The SMILES string of the molecule is c1cc(-c2ccc3nc([C@@H]4CCCN4)[nH]c3c2)ncc1-c1ccc2nc([C@@H]3CCCN3)[nH]c2c1. The van der Waals surface area contributed by atoms with Gasteiger partial charge in [0.1, 0.15) is 11.6 Å². The van der Waals surface area contributed by atoms with Crippen molar-refractivity contribution in [3.05, 3.63) is 66.4 Å². The largest absolute Gasteiger partial charge is 0.341 e. The second kappa shape index (κ2) is 8.04. The lowest BCUT2D eigenvalue weighted by Crippen LogP contribution is -2.13. The molecule has 7 nitrogen and oxygen atoms in total. The van der Waals surface area contributed by atoms with Gasteiger partial charge in [-0.15, -0.1) is 0 Å². The van der Waals surface area contributed by atoms with E-state index in [1.807, 2.05) is 6.20 Å². The van der Waals surface area contributed by atoms with Crippen LogP contribution >= 0.6 is 0 Å². The maximum absolute atomic E-state index is 4.79. The molecule has 170 valence electrons. The molecule has 0 spiro atoms. The van der Waals surface area contributed by atoms with Crippen molar-refractivity contribution in [3.63, 3.8) is 0 Å². The molecule has 2 aliphatic heterocycles. The Hall–Kier alpha value is -3.55. The van der Waals surface area contributed by atoms with Gasteiger partial charge in [-0.1, -0.05) is 18.2 Å². The quantitative estimate of drug-likeness (QED) is 0.309. The average Bonchev–Trinajstić information content (AvgIpc) is 3.69. The number of H-pyrrole nitrogens is 2. The van der Waals surface area contributed by atoms with Gasteiger partial charge in [0, 0.05) is 17.3 Å². The first-order valence-electron chi connectivity index (χ1n) is 12.2. The zero-order chi connectivity index (χ0) is 22.5. The molecule has 2 saturated heterocycles. The van der Waals surface area contributed by atoms with Crippen LogP contribution < -0.4 is 10.6 Å². The van der Waals surface area contributed by atoms with Crippen LogP contribution in [-0.2, 0) is 0 Å². The lowest BCUT2D eigenvalue weighted by Gasteiger charge is -2.05. The third kappa shape index (κ3) is 3.48. The lowest BCUT2D eigenvalue weighted by atomic mass is 10.0. The van der Waals surface area contributed by atoms with E-state index < -0.39 is 0 Å². The zero-order valence-corrected chi connectivity index (χ0v) is 18.9. The summed E-state index contributed by atoms with van der Waals surface area (Å²) in [5, 5.41) is 7.03. The zero-order valence-electron chi connectivity index (χ0n) is 18.9. The number of pyridine rings is 1. The molecule has 2 aliphatic rings. The van der Waals surface area contributed by atoms with Crippen molar-refractivity contribution >= 4 is 22.1 Å². The van der Waals surface area contributed by atoms with Crippen molar-refractivity contribution in [1.29, 1.82) is 0 Å². The first-order valence-corrected chi connectivity index (χ1v) is 12.2. The predicted octanol–water partition coefficient (Wildman–Crippen LogP) is 5.02. The maximum Gasteiger partial charge on any atom is 0.124 e. The van der Waals surface area contributed by atoms with Crippen LogP contribution in [0, 0.1) is 0 Å². The van der Waals surface area contributed by atoms with Crippen molar-refractivity contribution in [2.75, 3.05) is 13.1 Å². The van der Waals surface area contributed by atoms with Crippen LogP contribution in [0.3, 0.4) is 0 Å². The Morgan fingerprint density at radius 1 is 0.647 bits per heavy atom. The van der Waals surface area contributed by atoms with Gasteiger partial charge < -0.3 is 20.6 Å². The number of benzene rings is 2. The number of fused-ring (bicyclic) bond motifs is 2. The third-order valence-electron chi connectivity index (χ3n) is 7.17. The molecule has 5 aromatic rings. The van der Waals surface area contributed by atoms with Crippen LogP contribution in [0.2, 0.25) is 0 Å². The Balaban J connectivity index is 1.16. The van der Waals surface area contributed by atoms with Crippen molar-refractivity contribution in [2.24, 2.45) is 0 Å². The summed E-state index contributed by atoms with van der Waals surface area (Å²) >= 11 is 0. The highest BCUT2D eigenvalue weighted by Gasteiger charge is 2.20. The van der Waals surface area contributed by atoms with Gasteiger partial charge in [0.05, 0.1) is 39.8 Å². The lowest BCUT2D eigenvalue weighted by molar-refractivity contribution is 0.614. The molecule has 0 amide bonds. The van der Waals surface area contributed by atoms with E-state index >= 15 is 0 Å². The normalized spacial score (nSPS) is 20.6. The van der Waals surface area contributed by atoms with E-state index in [1.54, 1.807) is 0 Å². The van der Waals surface area contributed by atoms with Gasteiger partial charge in [-0.25, -0.2) is 9.97 Å². The Kier molecular flexibility index (Phi) is 4.70. The summed E-state index contributed by atoms with van der Waals surface area (Å²) in [6.45, 7) is 2.13. The Labute approximate surface area is 197 Å². The summed E-state index contributed by atoms with van der Waals surface area (Å²) in [4.78, 5) is 21.4. The molecule has 3 aromatic heterocycles. The Bertz CT molecular complexity index is 1360. The molecule has 0 unspecified atom stereocenters. The van der Waals surface area contributed by atoms with E-state index in [-0.39, 0.29) is 0 Å². The molecule has 0 radical (unpaired) electrons. The van der Waals surface area contributed by atoms with Crippen LogP contribution in [0.25, 0.3) is 44.5 Å². The van der Waals surface area contributed by atoms with Crippen molar-refractivity contribution in [2.45, 2.75) is 37.8 Å². The first-order chi connectivity index (χ1) is 16.8. The highest BCUT2D eigenvalue weighted by molar-refractivity contribution is 5.83. The predicted molar refractivity (Wildman–Crippen MR) is 134 cm³/mol. The highest BCUT2D eigenvalue weighted by Crippen LogP contribution is 2.29. The molecule has 7 heteroatoms. The molecule has 0 aliphatic carbocycles. The summed E-state index contributed by atoms with van der Waals surface area (Å²) < 4.78 is 0. The monoisotopic (exact) mass is 449 g/mol. The number of hydrogen-bond donors (Lipinski definition) is 4. The van der Waals surface area contributed by atoms with E-state index in [2.05, 4.69) is 69.1 Å². The van der Waals surface area contributed by atoms with Crippen LogP contribution in [0.15, 0.2) is 54.7 Å². The molecular weight excluding hydrogens is 422 g/mol. The second-order valence-corrected chi connectivity index (χ2v) is 9.44. The molecule has 5 heterocycles. The van der Waals surface area contributed by atoms with Crippen molar-refractivity contribution in [1.82, 2.24) is 35.6 Å². The fourth-order valence-corrected chi connectivity index (χ4v) is 5.30. The van der Waals surface area contributed by atoms with Crippen LogP contribution in [0.4, 0.5) is 0 Å². The minimum atomic E-state index is 0.339. The van der Waals surface area contributed by atoms with E-state index in [0.717, 1.165) is 82.0 Å². The van der Waals surface area contributed by atoms with Gasteiger partial charge >= 0.3 is 0 Å². The number of imidazole rings is 2. The average molecular weight is 450 g/mol. The number of rotatable bonds is 4. The summed E-state index contributed by atoms with van der Waals surface area (Å²) in [6, 6.07) is 17.6. The van der Waals surface area contributed by atoms with E-state index in [9.17, 15) is 0 Å². The molecule has 2 aromatic carbocycles. The van der Waals surface area contributed by atoms with Crippen LogP contribution in [0.5, 0.6) is 0 Å². The van der Waals surface area contributed by atoms with E-state index in [1.165, 1.54) is 12.8 Å². The Morgan fingerprint density at radius 2 is 1.24 bits per heavy atom. The molecule has 34 heavy (non-hydrogen) atoms. The van der Waals surface area contributed by atoms with Crippen LogP contribution in [-0.4, -0.2) is 38.0 Å². The fraction of sp³-hybridized carbons (Fsp3) is 0.296. The van der Waals surface area contributed by atoms with E-state index in [0.29, 0.717) is 12.1 Å². The highest BCUT2D eigenvalue weighted by atomic mass is 15.0. The molecule has 0 bridgehead atoms. The molecular formula is C27H27N7. The number of nitrogens with one attached hydrogen (secondary N) is 4. The number of nitrogens with zero attached hydrogens (tertiary/aromatic N) is 3. The van der Waals surface area contributed by atoms with Gasteiger partial charge in [0.25, 0.3) is 0 Å². The van der Waals surface area contributed by atoms with Crippen molar-refractivity contribution in [3.8, 4) is 22.4 Å². The minimum Gasteiger partial charge on any atom is -0.341 e. The topological polar surface area (TPSA) is 94.3 Å². The second-order valence-electron chi connectivity index (χ2n) is 9.44.